The van der Waals surface area contributed by atoms with Crippen LogP contribution in [0.25, 0.3) is 6.08 Å². The van der Waals surface area contributed by atoms with Crippen molar-refractivity contribution in [3.8, 4) is 17.2 Å². The van der Waals surface area contributed by atoms with Gasteiger partial charge in [0.2, 0.25) is 11.6 Å². The first-order valence-corrected chi connectivity index (χ1v) is 11.8. The van der Waals surface area contributed by atoms with Crippen LogP contribution < -0.4 is 14.2 Å². The van der Waals surface area contributed by atoms with Gasteiger partial charge in [0, 0.05) is 14.2 Å². The summed E-state index contributed by atoms with van der Waals surface area (Å²) in [4.78, 5) is 16.8. The van der Waals surface area contributed by atoms with Gasteiger partial charge >= 0.3 is 5.97 Å². The van der Waals surface area contributed by atoms with Gasteiger partial charge in [0.1, 0.15) is 6.61 Å². The van der Waals surface area contributed by atoms with Gasteiger partial charge in [-0.3, -0.25) is 0 Å². The molecule has 3 aromatic rings. The van der Waals surface area contributed by atoms with Crippen molar-refractivity contribution in [3.05, 3.63) is 90.6 Å². The third-order valence-electron chi connectivity index (χ3n) is 4.90. The average Bonchev–Trinajstić information content (AvgIpc) is 3.19. The number of hydrogen-bond acceptors (Lipinski definition) is 6. The minimum absolute atomic E-state index is 0.124. The van der Waals surface area contributed by atoms with Crippen molar-refractivity contribution in [3.63, 3.8) is 0 Å². The van der Waals surface area contributed by atoms with Crippen molar-refractivity contribution in [2.45, 2.75) is 6.61 Å². The Morgan fingerprint density at radius 2 is 1.71 bits per heavy atom. The number of esters is 1. The smallest absolute Gasteiger partial charge is 0.363 e. The van der Waals surface area contributed by atoms with Crippen LogP contribution in [0.4, 0.5) is 0 Å². The van der Waals surface area contributed by atoms with E-state index in [0.717, 1.165) is 9.13 Å². The molecule has 174 valence electrons. The maximum Gasteiger partial charge on any atom is 0.363 e. The number of benzene rings is 3. The Kier molecular flexibility index (Phi) is 7.65. The fraction of sp³-hybridized carbons (Fsp3) is 0.120. The lowest BCUT2D eigenvalue weighted by atomic mass is 10.1. The fourth-order valence-electron chi connectivity index (χ4n) is 3.23. The molecule has 0 spiro atoms. The monoisotopic (exact) mass is 609 g/mol. The quantitative estimate of drug-likeness (QED) is 0.173. The highest BCUT2D eigenvalue weighted by Crippen LogP contribution is 2.40. The van der Waals surface area contributed by atoms with Gasteiger partial charge in [0.05, 0.1) is 24.8 Å². The zero-order valence-corrected chi connectivity index (χ0v) is 21.8. The van der Waals surface area contributed by atoms with Gasteiger partial charge in [-0.05, 0) is 70.6 Å². The average molecular weight is 610 g/mol. The first-order valence-electron chi connectivity index (χ1n) is 10.00. The maximum absolute atomic E-state index is 12.5. The molecule has 0 radical (unpaired) electrons. The lowest BCUT2D eigenvalue weighted by Gasteiger charge is -2.16. The summed E-state index contributed by atoms with van der Waals surface area (Å²) in [6, 6.07) is 16.2. The molecule has 4 rings (SSSR count). The molecule has 0 saturated carbocycles. The molecular weight excluding hydrogens is 592 g/mol. The summed E-state index contributed by atoms with van der Waals surface area (Å²) in [5.74, 6) is 0.833. The summed E-state index contributed by atoms with van der Waals surface area (Å²) in [5, 5.41) is 1.04. The number of aliphatic imine (C=N–C) groups is 1. The largest absolute Gasteiger partial charge is 0.493 e. The molecule has 0 aliphatic carbocycles. The number of halogens is 3. The molecule has 9 heteroatoms. The van der Waals surface area contributed by atoms with Crippen molar-refractivity contribution in [2.75, 3.05) is 14.2 Å². The van der Waals surface area contributed by atoms with Crippen LogP contribution in [-0.2, 0) is 16.1 Å². The number of hydrogen-bond donors (Lipinski definition) is 0. The summed E-state index contributed by atoms with van der Waals surface area (Å²) in [6.45, 7) is 0.226. The van der Waals surface area contributed by atoms with E-state index >= 15 is 0 Å². The van der Waals surface area contributed by atoms with Gasteiger partial charge in [-0.25, -0.2) is 9.79 Å². The Labute approximate surface area is 220 Å². The molecule has 0 bridgehead atoms. The molecule has 34 heavy (non-hydrogen) atoms. The van der Waals surface area contributed by atoms with Gasteiger partial charge in [-0.2, -0.15) is 0 Å². The molecular formula is C25H18Cl2INO5. The van der Waals surface area contributed by atoms with Crippen LogP contribution in [0.3, 0.4) is 0 Å². The number of carbonyl (C=O) groups is 1. The van der Waals surface area contributed by atoms with Crippen molar-refractivity contribution in [1.29, 1.82) is 0 Å². The lowest BCUT2D eigenvalue weighted by Crippen LogP contribution is -2.06. The van der Waals surface area contributed by atoms with E-state index in [2.05, 4.69) is 27.6 Å². The number of cyclic esters (lactones) is 1. The molecule has 0 aromatic heterocycles. The van der Waals surface area contributed by atoms with E-state index in [1.807, 2.05) is 24.3 Å². The zero-order valence-electron chi connectivity index (χ0n) is 18.1. The van der Waals surface area contributed by atoms with Crippen LogP contribution in [0.5, 0.6) is 17.2 Å². The van der Waals surface area contributed by atoms with Crippen LogP contribution in [-0.4, -0.2) is 26.1 Å². The second kappa shape index (κ2) is 10.7. The van der Waals surface area contributed by atoms with Crippen molar-refractivity contribution in [2.24, 2.45) is 4.99 Å². The third-order valence-corrected chi connectivity index (χ3v) is 6.26. The fourth-order valence-corrected chi connectivity index (χ4v) is 4.11. The van der Waals surface area contributed by atoms with Crippen LogP contribution >= 0.6 is 45.8 Å². The molecule has 0 saturated heterocycles. The predicted molar refractivity (Wildman–Crippen MR) is 140 cm³/mol. The molecule has 0 fully saturated rings. The van der Waals surface area contributed by atoms with Crippen molar-refractivity contribution in [1.82, 2.24) is 0 Å². The minimum atomic E-state index is -0.582. The van der Waals surface area contributed by atoms with Gasteiger partial charge in [0.25, 0.3) is 0 Å². The van der Waals surface area contributed by atoms with E-state index in [0.29, 0.717) is 38.4 Å². The summed E-state index contributed by atoms with van der Waals surface area (Å²) in [6.07, 6.45) is 1.58. The molecule has 0 N–H and O–H groups in total. The molecule has 1 aliphatic heterocycles. The zero-order chi connectivity index (χ0) is 24.2. The summed E-state index contributed by atoms with van der Waals surface area (Å²) < 4.78 is 23.3. The van der Waals surface area contributed by atoms with Crippen molar-refractivity contribution >= 4 is 63.7 Å². The molecule has 1 heterocycles. The highest BCUT2D eigenvalue weighted by atomic mass is 127. The van der Waals surface area contributed by atoms with Crippen LogP contribution in [0.2, 0.25) is 10.0 Å². The van der Waals surface area contributed by atoms with E-state index in [1.165, 1.54) is 14.2 Å². The first kappa shape index (κ1) is 24.4. The summed E-state index contributed by atoms with van der Waals surface area (Å²) >= 11 is 14.6. The number of methoxy groups -OCH3 is 2. The molecule has 1 aliphatic rings. The summed E-state index contributed by atoms with van der Waals surface area (Å²) in [7, 11) is 3.04. The Morgan fingerprint density at radius 3 is 2.38 bits per heavy atom. The first-order chi connectivity index (χ1) is 16.4. The van der Waals surface area contributed by atoms with E-state index < -0.39 is 5.97 Å². The Balaban J connectivity index is 1.65. The van der Waals surface area contributed by atoms with Crippen molar-refractivity contribution < 1.29 is 23.7 Å². The number of rotatable bonds is 7. The highest BCUT2D eigenvalue weighted by Gasteiger charge is 2.26. The number of ether oxygens (including phenoxy) is 4. The predicted octanol–water partition coefficient (Wildman–Crippen LogP) is 6.54. The third kappa shape index (κ3) is 5.32. The molecule has 6 nitrogen and oxygen atoms in total. The topological polar surface area (TPSA) is 66.4 Å². The van der Waals surface area contributed by atoms with Gasteiger partial charge in [-0.1, -0.05) is 41.4 Å². The molecule has 0 unspecified atom stereocenters. The van der Waals surface area contributed by atoms with Crippen LogP contribution in [0.15, 0.2) is 65.3 Å². The second-order valence-electron chi connectivity index (χ2n) is 7.09. The second-order valence-corrected chi connectivity index (χ2v) is 9.15. The van der Waals surface area contributed by atoms with E-state index in [9.17, 15) is 4.79 Å². The van der Waals surface area contributed by atoms with Gasteiger partial charge < -0.3 is 18.9 Å². The highest BCUT2D eigenvalue weighted by molar-refractivity contribution is 14.1. The lowest BCUT2D eigenvalue weighted by molar-refractivity contribution is -0.129. The van der Waals surface area contributed by atoms with E-state index in [-0.39, 0.29) is 18.2 Å². The summed E-state index contributed by atoms with van der Waals surface area (Å²) in [5.41, 5.74) is 2.11. The Hall–Kier alpha value is -2.75. The van der Waals surface area contributed by atoms with E-state index in [4.69, 9.17) is 42.1 Å². The molecule has 0 atom stereocenters. The number of carbonyl (C=O) groups excluding carboxylic acids is 1. The van der Waals surface area contributed by atoms with Gasteiger partial charge in [-0.15, -0.1) is 0 Å². The Bertz CT molecular complexity index is 1300. The normalized spacial score (nSPS) is 14.1. The SMILES string of the molecule is COc1cc(C=C2N=C(c3cc(I)ccc3Cl)OC2=O)cc(OC)c1OCc1ccccc1Cl. The Morgan fingerprint density at radius 1 is 1.00 bits per heavy atom. The van der Waals surface area contributed by atoms with Crippen LogP contribution in [0.1, 0.15) is 16.7 Å². The van der Waals surface area contributed by atoms with Crippen LogP contribution in [0, 0.1) is 3.57 Å². The van der Waals surface area contributed by atoms with E-state index in [1.54, 1.807) is 36.4 Å². The standard InChI is InChI=1S/C25H18Cl2INO5/c1-31-21-10-14(11-22(32-2)23(21)33-13-15-5-3-4-6-18(15)26)9-20-25(30)34-24(29-20)17-12-16(28)7-8-19(17)27/h3-12H,13H2,1-2H3. The minimum Gasteiger partial charge on any atom is -0.493 e. The number of nitrogens with zero attached hydrogens (tertiary/aromatic N) is 1. The van der Waals surface area contributed by atoms with Gasteiger partial charge in [0.15, 0.2) is 17.2 Å². The molecule has 3 aromatic carbocycles. The maximum atomic E-state index is 12.5. The molecule has 0 amide bonds.